The Hall–Kier alpha value is -4.32. The van der Waals surface area contributed by atoms with Crippen LogP contribution in [0.15, 0.2) is 91.4 Å². The van der Waals surface area contributed by atoms with Crippen LogP contribution >= 0.6 is 0 Å². The number of rotatable bonds is 3. The van der Waals surface area contributed by atoms with Gasteiger partial charge < -0.3 is 4.98 Å². The molecule has 142 valence electrons. The lowest BCUT2D eigenvalue weighted by atomic mass is 9.98. The third-order valence-corrected chi connectivity index (χ3v) is 5.21. The summed E-state index contributed by atoms with van der Waals surface area (Å²) in [6.45, 7) is 0. The van der Waals surface area contributed by atoms with E-state index in [4.69, 9.17) is 4.98 Å². The van der Waals surface area contributed by atoms with Crippen LogP contribution in [0.3, 0.4) is 0 Å². The zero-order valence-corrected chi connectivity index (χ0v) is 15.9. The van der Waals surface area contributed by atoms with Gasteiger partial charge in [0.1, 0.15) is 0 Å². The van der Waals surface area contributed by atoms with Crippen LogP contribution in [0.5, 0.6) is 0 Å². The van der Waals surface area contributed by atoms with Gasteiger partial charge in [0, 0.05) is 35.1 Å². The molecule has 30 heavy (non-hydrogen) atoms. The van der Waals surface area contributed by atoms with Gasteiger partial charge in [-0.2, -0.15) is 0 Å². The molecule has 0 saturated carbocycles. The Morgan fingerprint density at radius 3 is 2.30 bits per heavy atom. The standard InChI is InChI=1S/C24H16N6/c1-3-7-16(8-4-1)18-15-19-20(27-21(18)17-9-5-2-6-10-17)11-14-30-23(19)28-29-24(30)22-25-12-13-26-22/h1-15H,(H,25,26). The highest BCUT2D eigenvalue weighted by Gasteiger charge is 2.16. The maximum Gasteiger partial charge on any atom is 0.204 e. The number of aromatic nitrogens is 6. The Balaban J connectivity index is 1.67. The first-order valence-electron chi connectivity index (χ1n) is 9.67. The lowest BCUT2D eigenvalue weighted by Crippen LogP contribution is -1.95. The topological polar surface area (TPSA) is 71.8 Å². The first-order valence-corrected chi connectivity index (χ1v) is 9.67. The molecule has 1 N–H and O–H groups in total. The summed E-state index contributed by atoms with van der Waals surface area (Å²) in [5, 5.41) is 9.76. The van der Waals surface area contributed by atoms with Gasteiger partial charge in [-0.1, -0.05) is 60.7 Å². The minimum atomic E-state index is 0.672. The van der Waals surface area contributed by atoms with Gasteiger partial charge in [-0.3, -0.25) is 4.40 Å². The summed E-state index contributed by atoms with van der Waals surface area (Å²) < 4.78 is 1.94. The summed E-state index contributed by atoms with van der Waals surface area (Å²) in [6, 6.07) is 24.7. The van der Waals surface area contributed by atoms with E-state index in [0.29, 0.717) is 11.6 Å². The number of aromatic amines is 1. The van der Waals surface area contributed by atoms with E-state index < -0.39 is 0 Å². The molecule has 0 amide bonds. The van der Waals surface area contributed by atoms with E-state index in [1.165, 1.54) is 0 Å². The monoisotopic (exact) mass is 388 g/mol. The van der Waals surface area contributed by atoms with Gasteiger partial charge in [0.15, 0.2) is 11.5 Å². The minimum absolute atomic E-state index is 0.672. The largest absolute Gasteiger partial charge is 0.342 e. The van der Waals surface area contributed by atoms with Crippen molar-refractivity contribution in [3.8, 4) is 34.0 Å². The predicted octanol–water partition coefficient (Wildman–Crippen LogP) is 5.00. The van der Waals surface area contributed by atoms with Crippen LogP contribution in [0.2, 0.25) is 0 Å². The Labute approximate surface area is 171 Å². The number of hydrogen-bond acceptors (Lipinski definition) is 4. The van der Waals surface area contributed by atoms with Gasteiger partial charge in [0.05, 0.1) is 11.2 Å². The van der Waals surface area contributed by atoms with E-state index in [0.717, 1.165) is 38.9 Å². The molecule has 0 aliphatic carbocycles. The molecule has 0 aliphatic heterocycles. The van der Waals surface area contributed by atoms with E-state index >= 15 is 0 Å². The molecule has 0 saturated heterocycles. The van der Waals surface area contributed by atoms with Gasteiger partial charge in [-0.05, 0) is 17.7 Å². The lowest BCUT2D eigenvalue weighted by molar-refractivity contribution is 1.08. The zero-order valence-electron chi connectivity index (χ0n) is 15.9. The van der Waals surface area contributed by atoms with Crippen molar-refractivity contribution in [3.63, 3.8) is 0 Å². The average molecular weight is 388 g/mol. The van der Waals surface area contributed by atoms with Crippen molar-refractivity contribution in [1.82, 2.24) is 29.5 Å². The number of nitrogens with one attached hydrogen (secondary N) is 1. The van der Waals surface area contributed by atoms with Crippen LogP contribution in [0.1, 0.15) is 0 Å². The molecule has 0 fully saturated rings. The van der Waals surface area contributed by atoms with Crippen LogP contribution < -0.4 is 0 Å². The number of H-pyrrole nitrogens is 1. The van der Waals surface area contributed by atoms with Crippen molar-refractivity contribution < 1.29 is 0 Å². The van der Waals surface area contributed by atoms with Crippen LogP contribution in [-0.4, -0.2) is 29.5 Å². The molecule has 6 heteroatoms. The van der Waals surface area contributed by atoms with Crippen molar-refractivity contribution in [3.05, 3.63) is 91.4 Å². The van der Waals surface area contributed by atoms with E-state index in [2.05, 4.69) is 50.5 Å². The molecule has 2 aromatic carbocycles. The molecule has 6 rings (SSSR count). The Kier molecular flexibility index (Phi) is 3.67. The quantitative estimate of drug-likeness (QED) is 0.463. The van der Waals surface area contributed by atoms with Crippen molar-refractivity contribution in [2.75, 3.05) is 0 Å². The molecule has 0 atom stereocenters. The van der Waals surface area contributed by atoms with Gasteiger partial charge in [-0.25, -0.2) is 9.97 Å². The number of imidazole rings is 1. The molecule has 0 radical (unpaired) electrons. The van der Waals surface area contributed by atoms with E-state index in [9.17, 15) is 0 Å². The van der Waals surface area contributed by atoms with Crippen molar-refractivity contribution in [1.29, 1.82) is 0 Å². The smallest absolute Gasteiger partial charge is 0.204 e. The van der Waals surface area contributed by atoms with Gasteiger partial charge in [0.2, 0.25) is 5.82 Å². The fourth-order valence-corrected chi connectivity index (χ4v) is 3.80. The molecular formula is C24H16N6. The molecule has 0 unspecified atom stereocenters. The molecule has 0 bridgehead atoms. The maximum absolute atomic E-state index is 5.04. The number of pyridine rings is 2. The normalized spacial score (nSPS) is 11.3. The summed E-state index contributed by atoms with van der Waals surface area (Å²) in [5.41, 5.74) is 5.83. The van der Waals surface area contributed by atoms with E-state index in [1.54, 1.807) is 12.4 Å². The fraction of sp³-hybridized carbons (Fsp3) is 0. The summed E-state index contributed by atoms with van der Waals surface area (Å²) in [5.74, 6) is 1.35. The third-order valence-electron chi connectivity index (χ3n) is 5.21. The number of hydrogen-bond donors (Lipinski definition) is 1. The number of benzene rings is 2. The second-order valence-corrected chi connectivity index (χ2v) is 7.02. The SMILES string of the molecule is c1ccc(-c2cc3c(ccn4c(-c5ncc[nH]5)nnc34)nc2-c2ccccc2)cc1. The molecule has 0 aliphatic rings. The molecule has 4 heterocycles. The van der Waals surface area contributed by atoms with Crippen molar-refractivity contribution in [2.45, 2.75) is 0 Å². The molecule has 6 nitrogen and oxygen atoms in total. The summed E-state index contributed by atoms with van der Waals surface area (Å²) in [6.07, 6.45) is 5.43. The Bertz CT molecular complexity index is 1470. The highest BCUT2D eigenvalue weighted by atomic mass is 15.3. The molecule has 6 aromatic rings. The zero-order chi connectivity index (χ0) is 19.9. The number of fused-ring (bicyclic) bond motifs is 3. The molecule has 4 aromatic heterocycles. The first kappa shape index (κ1) is 16.6. The summed E-state index contributed by atoms with van der Waals surface area (Å²) in [7, 11) is 0. The van der Waals surface area contributed by atoms with Crippen LogP contribution in [0, 0.1) is 0 Å². The number of nitrogens with zero attached hydrogens (tertiary/aromatic N) is 5. The second-order valence-electron chi connectivity index (χ2n) is 7.02. The highest BCUT2D eigenvalue weighted by molar-refractivity contribution is 5.98. The van der Waals surface area contributed by atoms with Crippen LogP contribution in [0.25, 0.3) is 50.6 Å². The maximum atomic E-state index is 5.04. The van der Waals surface area contributed by atoms with Crippen molar-refractivity contribution in [2.24, 2.45) is 0 Å². The molecular weight excluding hydrogens is 372 g/mol. The van der Waals surface area contributed by atoms with Crippen LogP contribution in [0.4, 0.5) is 0 Å². The second kappa shape index (κ2) is 6.63. The van der Waals surface area contributed by atoms with Crippen molar-refractivity contribution >= 4 is 16.6 Å². The highest BCUT2D eigenvalue weighted by Crippen LogP contribution is 2.34. The Morgan fingerprint density at radius 2 is 1.57 bits per heavy atom. The van der Waals surface area contributed by atoms with Gasteiger partial charge in [0.25, 0.3) is 0 Å². The van der Waals surface area contributed by atoms with E-state index in [-0.39, 0.29) is 0 Å². The average Bonchev–Trinajstić information content (AvgIpc) is 3.49. The van der Waals surface area contributed by atoms with Gasteiger partial charge >= 0.3 is 0 Å². The van der Waals surface area contributed by atoms with Crippen LogP contribution in [-0.2, 0) is 0 Å². The summed E-state index contributed by atoms with van der Waals surface area (Å²) in [4.78, 5) is 12.5. The van der Waals surface area contributed by atoms with Gasteiger partial charge in [-0.15, -0.1) is 10.2 Å². The Morgan fingerprint density at radius 1 is 0.800 bits per heavy atom. The molecule has 0 spiro atoms. The lowest BCUT2D eigenvalue weighted by Gasteiger charge is -2.12. The van der Waals surface area contributed by atoms with E-state index in [1.807, 2.05) is 53.1 Å². The third kappa shape index (κ3) is 2.58. The first-order chi connectivity index (χ1) is 14.9. The fourth-order valence-electron chi connectivity index (χ4n) is 3.80. The minimum Gasteiger partial charge on any atom is -0.342 e. The predicted molar refractivity (Wildman–Crippen MR) is 117 cm³/mol. The summed E-state index contributed by atoms with van der Waals surface area (Å²) >= 11 is 0.